The molecule has 1 aromatic rings. The SMILES string of the molecule is O=C(NCC1CCN(C2CC2)C1)N1CCN(CC(=O)N2CCc3ccccc32)CC1. The Bertz CT molecular complexity index is 788. The average molecular weight is 412 g/mol. The van der Waals surface area contributed by atoms with E-state index in [1.807, 2.05) is 28.0 Å². The van der Waals surface area contributed by atoms with Gasteiger partial charge in [-0.1, -0.05) is 18.2 Å². The monoisotopic (exact) mass is 411 g/mol. The van der Waals surface area contributed by atoms with Gasteiger partial charge in [0.15, 0.2) is 0 Å². The summed E-state index contributed by atoms with van der Waals surface area (Å²) in [5.41, 5.74) is 2.32. The highest BCUT2D eigenvalue weighted by molar-refractivity contribution is 5.96. The first kappa shape index (κ1) is 19.8. The molecule has 3 fully saturated rings. The normalized spacial score (nSPS) is 24.9. The number of rotatable bonds is 5. The first-order valence-corrected chi connectivity index (χ1v) is 11.5. The molecule has 1 aliphatic carbocycles. The molecule has 1 N–H and O–H groups in total. The second-order valence-electron chi connectivity index (χ2n) is 9.25. The maximum absolute atomic E-state index is 12.8. The molecule has 0 aromatic heterocycles. The van der Waals surface area contributed by atoms with Gasteiger partial charge in [-0.2, -0.15) is 0 Å². The van der Waals surface area contributed by atoms with E-state index in [0.29, 0.717) is 25.6 Å². The molecule has 0 radical (unpaired) electrons. The Morgan fingerprint density at radius 1 is 0.967 bits per heavy atom. The summed E-state index contributed by atoms with van der Waals surface area (Å²) in [6.45, 7) is 7.22. The van der Waals surface area contributed by atoms with Crippen LogP contribution in [0.3, 0.4) is 0 Å². The molecule has 162 valence electrons. The Hall–Kier alpha value is -2.12. The smallest absolute Gasteiger partial charge is 0.317 e. The lowest BCUT2D eigenvalue weighted by molar-refractivity contribution is -0.120. The average Bonchev–Trinajstić information content (AvgIpc) is 3.35. The van der Waals surface area contributed by atoms with E-state index in [4.69, 9.17) is 0 Å². The molecule has 3 aliphatic heterocycles. The molecule has 0 spiro atoms. The Kier molecular flexibility index (Phi) is 5.65. The number of urea groups is 1. The quantitative estimate of drug-likeness (QED) is 0.796. The molecule has 1 atom stereocenters. The predicted molar refractivity (Wildman–Crippen MR) is 117 cm³/mol. The highest BCUT2D eigenvalue weighted by Gasteiger charge is 2.34. The van der Waals surface area contributed by atoms with Gasteiger partial charge in [0, 0.05) is 57.5 Å². The van der Waals surface area contributed by atoms with Crippen LogP contribution in [0.15, 0.2) is 24.3 Å². The van der Waals surface area contributed by atoms with Crippen LogP contribution in [0.5, 0.6) is 0 Å². The number of nitrogens with zero attached hydrogens (tertiary/aromatic N) is 4. The maximum atomic E-state index is 12.8. The van der Waals surface area contributed by atoms with Crippen molar-refractivity contribution in [3.05, 3.63) is 29.8 Å². The van der Waals surface area contributed by atoms with Crippen molar-refractivity contribution in [3.8, 4) is 0 Å². The third kappa shape index (κ3) is 4.32. The summed E-state index contributed by atoms with van der Waals surface area (Å²) in [6.07, 6.45) is 4.85. The third-order valence-electron chi connectivity index (χ3n) is 7.13. The molecule has 30 heavy (non-hydrogen) atoms. The molecular formula is C23H33N5O2. The molecule has 1 saturated carbocycles. The van der Waals surface area contributed by atoms with Crippen molar-refractivity contribution in [2.75, 3.05) is 63.8 Å². The number of carbonyl (C=O) groups is 2. The van der Waals surface area contributed by atoms with Gasteiger partial charge >= 0.3 is 6.03 Å². The fourth-order valence-corrected chi connectivity index (χ4v) is 5.13. The summed E-state index contributed by atoms with van der Waals surface area (Å²) in [6, 6.07) is 9.06. The summed E-state index contributed by atoms with van der Waals surface area (Å²) in [5.74, 6) is 0.760. The molecule has 7 nitrogen and oxygen atoms in total. The number of anilines is 1. The van der Waals surface area contributed by atoms with Crippen LogP contribution < -0.4 is 10.2 Å². The number of likely N-dealkylation sites (tertiary alicyclic amines) is 1. The predicted octanol–water partition coefficient (Wildman–Crippen LogP) is 1.39. The lowest BCUT2D eigenvalue weighted by atomic mass is 10.1. The van der Waals surface area contributed by atoms with Crippen molar-refractivity contribution in [1.29, 1.82) is 0 Å². The number of benzene rings is 1. The lowest BCUT2D eigenvalue weighted by Crippen LogP contribution is -2.54. The van der Waals surface area contributed by atoms with E-state index in [1.54, 1.807) is 0 Å². The van der Waals surface area contributed by atoms with Gasteiger partial charge in [-0.05, 0) is 49.8 Å². The van der Waals surface area contributed by atoms with Crippen molar-refractivity contribution in [2.24, 2.45) is 5.92 Å². The van der Waals surface area contributed by atoms with E-state index in [-0.39, 0.29) is 11.9 Å². The van der Waals surface area contributed by atoms with Gasteiger partial charge in [-0.3, -0.25) is 9.69 Å². The fourth-order valence-electron chi connectivity index (χ4n) is 5.13. The third-order valence-corrected chi connectivity index (χ3v) is 7.13. The van der Waals surface area contributed by atoms with Crippen molar-refractivity contribution >= 4 is 17.6 Å². The van der Waals surface area contributed by atoms with E-state index in [1.165, 1.54) is 31.4 Å². The van der Waals surface area contributed by atoms with E-state index < -0.39 is 0 Å². The zero-order valence-electron chi connectivity index (χ0n) is 17.8. The van der Waals surface area contributed by atoms with Gasteiger partial charge in [0.25, 0.3) is 0 Å². The summed E-state index contributed by atoms with van der Waals surface area (Å²) in [7, 11) is 0. The van der Waals surface area contributed by atoms with Gasteiger partial charge in [0.2, 0.25) is 5.91 Å². The summed E-state index contributed by atoms with van der Waals surface area (Å²) in [4.78, 5) is 34.0. The van der Waals surface area contributed by atoms with Crippen molar-refractivity contribution in [2.45, 2.75) is 31.7 Å². The Labute approximate surface area is 179 Å². The molecule has 2 saturated heterocycles. The number of amides is 3. The molecule has 3 heterocycles. The number of nitrogens with one attached hydrogen (secondary N) is 1. The molecular weight excluding hydrogens is 378 g/mol. The Balaban J connectivity index is 1.03. The van der Waals surface area contributed by atoms with Crippen LogP contribution in [0.25, 0.3) is 0 Å². The second-order valence-corrected chi connectivity index (χ2v) is 9.25. The number of hydrogen-bond acceptors (Lipinski definition) is 4. The van der Waals surface area contributed by atoms with Crippen LogP contribution in [0, 0.1) is 5.92 Å². The van der Waals surface area contributed by atoms with Crippen LogP contribution >= 0.6 is 0 Å². The molecule has 1 aromatic carbocycles. The minimum absolute atomic E-state index is 0.0549. The summed E-state index contributed by atoms with van der Waals surface area (Å²) in [5, 5.41) is 3.15. The van der Waals surface area contributed by atoms with Gasteiger partial charge in [-0.25, -0.2) is 4.79 Å². The maximum Gasteiger partial charge on any atom is 0.317 e. The van der Waals surface area contributed by atoms with E-state index in [9.17, 15) is 9.59 Å². The molecule has 0 bridgehead atoms. The van der Waals surface area contributed by atoms with Gasteiger partial charge in [-0.15, -0.1) is 0 Å². The van der Waals surface area contributed by atoms with Crippen LogP contribution in [-0.2, 0) is 11.2 Å². The topological polar surface area (TPSA) is 59.1 Å². The standard InChI is InChI=1S/C23H33N5O2/c29-22(28-10-8-19-3-1-2-4-21(19)28)17-25-11-13-26(14-12-25)23(30)24-15-18-7-9-27(16-18)20-5-6-20/h1-4,18,20H,5-17H2,(H,24,30). The van der Waals surface area contributed by atoms with Gasteiger partial charge < -0.3 is 20.0 Å². The van der Waals surface area contributed by atoms with E-state index in [2.05, 4.69) is 21.2 Å². The number of para-hydroxylation sites is 1. The minimum atomic E-state index is 0.0549. The largest absolute Gasteiger partial charge is 0.338 e. The molecule has 3 amide bonds. The first-order chi connectivity index (χ1) is 14.7. The van der Waals surface area contributed by atoms with Gasteiger partial charge in [0.05, 0.1) is 6.54 Å². The number of hydrogen-bond donors (Lipinski definition) is 1. The zero-order chi connectivity index (χ0) is 20.5. The van der Waals surface area contributed by atoms with Crippen molar-refractivity contribution < 1.29 is 9.59 Å². The number of fused-ring (bicyclic) bond motifs is 1. The first-order valence-electron chi connectivity index (χ1n) is 11.5. The summed E-state index contributed by atoms with van der Waals surface area (Å²) >= 11 is 0. The highest BCUT2D eigenvalue weighted by Crippen LogP contribution is 2.31. The molecule has 5 rings (SSSR count). The summed E-state index contributed by atoms with van der Waals surface area (Å²) < 4.78 is 0. The lowest BCUT2D eigenvalue weighted by Gasteiger charge is -2.35. The highest BCUT2D eigenvalue weighted by atomic mass is 16.2. The zero-order valence-corrected chi connectivity index (χ0v) is 17.8. The van der Waals surface area contributed by atoms with Crippen molar-refractivity contribution in [3.63, 3.8) is 0 Å². The van der Waals surface area contributed by atoms with E-state index >= 15 is 0 Å². The van der Waals surface area contributed by atoms with Crippen LogP contribution in [-0.4, -0.2) is 91.6 Å². The van der Waals surface area contributed by atoms with E-state index in [0.717, 1.165) is 50.9 Å². The van der Waals surface area contributed by atoms with Crippen LogP contribution in [0.1, 0.15) is 24.8 Å². The minimum Gasteiger partial charge on any atom is -0.338 e. The second kappa shape index (κ2) is 8.55. The number of carbonyl (C=O) groups excluding carboxylic acids is 2. The molecule has 1 unspecified atom stereocenters. The van der Waals surface area contributed by atoms with Crippen LogP contribution in [0.2, 0.25) is 0 Å². The molecule has 7 heteroatoms. The van der Waals surface area contributed by atoms with Gasteiger partial charge in [0.1, 0.15) is 0 Å². The fraction of sp³-hybridized carbons (Fsp3) is 0.652. The number of piperazine rings is 1. The van der Waals surface area contributed by atoms with Crippen molar-refractivity contribution in [1.82, 2.24) is 20.0 Å². The van der Waals surface area contributed by atoms with Crippen LogP contribution in [0.4, 0.5) is 10.5 Å². The Morgan fingerprint density at radius 2 is 1.77 bits per heavy atom. The molecule has 4 aliphatic rings. The Morgan fingerprint density at radius 3 is 2.57 bits per heavy atom.